The lowest BCUT2D eigenvalue weighted by molar-refractivity contribution is -0.123. The maximum absolute atomic E-state index is 13.3. The van der Waals surface area contributed by atoms with Gasteiger partial charge >= 0.3 is 0 Å². The summed E-state index contributed by atoms with van der Waals surface area (Å²) in [5, 5.41) is 4.26. The van der Waals surface area contributed by atoms with Gasteiger partial charge in [-0.1, -0.05) is 30.3 Å². The van der Waals surface area contributed by atoms with Crippen LogP contribution < -0.4 is 5.32 Å². The number of hydrogen-bond donors (Lipinski definition) is 1. The molecule has 140 valence electrons. The zero-order chi connectivity index (χ0) is 18.8. The number of para-hydroxylation sites is 1. The molecule has 1 aliphatic heterocycles. The number of fused-ring (bicyclic) bond motifs is 1. The zero-order valence-electron chi connectivity index (χ0n) is 15.3. The van der Waals surface area contributed by atoms with Crippen molar-refractivity contribution >= 4 is 16.8 Å². The van der Waals surface area contributed by atoms with Gasteiger partial charge in [-0.2, -0.15) is 0 Å². The Morgan fingerprint density at radius 3 is 2.78 bits per heavy atom. The van der Waals surface area contributed by atoms with E-state index in [2.05, 4.69) is 11.4 Å². The predicted octanol–water partition coefficient (Wildman–Crippen LogP) is 4.13. The van der Waals surface area contributed by atoms with Crippen molar-refractivity contribution in [2.45, 2.75) is 38.5 Å². The Bertz CT molecular complexity index is 943. The summed E-state index contributed by atoms with van der Waals surface area (Å²) >= 11 is 0. The third-order valence-corrected chi connectivity index (χ3v) is 5.18. The molecule has 2 aromatic carbocycles. The molecule has 0 saturated carbocycles. The van der Waals surface area contributed by atoms with Gasteiger partial charge < -0.3 is 14.6 Å². The summed E-state index contributed by atoms with van der Waals surface area (Å²) in [6.45, 7) is 2.98. The fourth-order valence-corrected chi connectivity index (χ4v) is 3.86. The van der Waals surface area contributed by atoms with Crippen molar-refractivity contribution in [3.05, 3.63) is 71.7 Å². The largest absolute Gasteiger partial charge is 0.376 e. The van der Waals surface area contributed by atoms with Crippen LogP contribution in [0.4, 0.5) is 4.39 Å². The quantitative estimate of drug-likeness (QED) is 0.738. The third-order valence-electron chi connectivity index (χ3n) is 5.18. The number of carbonyl (C=O) groups is 1. The zero-order valence-corrected chi connectivity index (χ0v) is 15.3. The average molecular weight is 366 g/mol. The van der Waals surface area contributed by atoms with E-state index in [0.717, 1.165) is 34.9 Å². The van der Waals surface area contributed by atoms with Crippen LogP contribution in [0.2, 0.25) is 0 Å². The van der Waals surface area contributed by atoms with Crippen LogP contribution in [0.25, 0.3) is 10.9 Å². The van der Waals surface area contributed by atoms with E-state index >= 15 is 0 Å². The molecule has 1 amide bonds. The fourth-order valence-electron chi connectivity index (χ4n) is 3.86. The second-order valence-corrected chi connectivity index (χ2v) is 7.11. The van der Waals surface area contributed by atoms with Crippen LogP contribution in [0.3, 0.4) is 0 Å². The van der Waals surface area contributed by atoms with Crippen LogP contribution in [0.15, 0.2) is 54.7 Å². The summed E-state index contributed by atoms with van der Waals surface area (Å²) < 4.78 is 21.1. The third kappa shape index (κ3) is 3.74. The molecule has 0 unspecified atom stereocenters. The second-order valence-electron chi connectivity index (χ2n) is 7.11. The minimum absolute atomic E-state index is 0.0810. The number of hydrogen-bond acceptors (Lipinski definition) is 2. The molecule has 27 heavy (non-hydrogen) atoms. The van der Waals surface area contributed by atoms with Crippen molar-refractivity contribution in [3.8, 4) is 0 Å². The monoisotopic (exact) mass is 366 g/mol. The van der Waals surface area contributed by atoms with Gasteiger partial charge in [-0.3, -0.25) is 4.79 Å². The predicted molar refractivity (Wildman–Crippen MR) is 103 cm³/mol. The van der Waals surface area contributed by atoms with Crippen LogP contribution in [0.1, 0.15) is 30.0 Å². The van der Waals surface area contributed by atoms with E-state index in [1.807, 2.05) is 35.9 Å². The topological polar surface area (TPSA) is 43.3 Å². The number of nitrogens with zero attached hydrogens (tertiary/aromatic N) is 1. The highest BCUT2D eigenvalue weighted by Gasteiger charge is 2.29. The molecule has 0 spiro atoms. The number of carbonyl (C=O) groups excluding carboxylic acids is 1. The molecule has 1 saturated heterocycles. The SMILES string of the molecule is Cc1cn(CC(=O)N[C@@H](c2ccc(F)cc2)[C@@H]2CCCO2)c2ccccc12. The normalized spacial score (nSPS) is 17.9. The Morgan fingerprint density at radius 1 is 1.26 bits per heavy atom. The summed E-state index contributed by atoms with van der Waals surface area (Å²) in [5.74, 6) is -0.369. The minimum Gasteiger partial charge on any atom is -0.376 e. The Kier molecular flexibility index (Phi) is 4.94. The molecule has 1 aliphatic rings. The molecule has 1 aromatic heterocycles. The summed E-state index contributed by atoms with van der Waals surface area (Å²) in [5.41, 5.74) is 3.05. The molecule has 1 N–H and O–H groups in total. The van der Waals surface area contributed by atoms with Gasteiger partial charge in [0, 0.05) is 23.7 Å². The van der Waals surface area contributed by atoms with Crippen LogP contribution in [0.5, 0.6) is 0 Å². The average Bonchev–Trinajstić information content (AvgIpc) is 3.30. The molecule has 5 heteroatoms. The number of amides is 1. The van der Waals surface area contributed by atoms with Gasteiger partial charge in [-0.25, -0.2) is 4.39 Å². The number of ether oxygens (including phenoxy) is 1. The van der Waals surface area contributed by atoms with E-state index in [9.17, 15) is 9.18 Å². The number of rotatable bonds is 5. The Hall–Kier alpha value is -2.66. The molecule has 3 aromatic rings. The first-order valence-electron chi connectivity index (χ1n) is 9.33. The van der Waals surface area contributed by atoms with E-state index in [0.29, 0.717) is 6.61 Å². The lowest BCUT2D eigenvalue weighted by Crippen LogP contribution is -2.37. The molecular formula is C22H23FN2O2. The molecule has 2 atom stereocenters. The Morgan fingerprint density at radius 2 is 2.04 bits per heavy atom. The van der Waals surface area contributed by atoms with E-state index < -0.39 is 0 Å². The van der Waals surface area contributed by atoms with Gasteiger partial charge in [0.25, 0.3) is 0 Å². The Labute approximate surface area is 157 Å². The highest BCUT2D eigenvalue weighted by atomic mass is 19.1. The fraction of sp³-hybridized carbons (Fsp3) is 0.318. The van der Waals surface area contributed by atoms with E-state index in [1.54, 1.807) is 12.1 Å². The van der Waals surface area contributed by atoms with Crippen LogP contribution in [0, 0.1) is 12.7 Å². The number of benzene rings is 2. The van der Waals surface area contributed by atoms with Crippen LogP contribution >= 0.6 is 0 Å². The van der Waals surface area contributed by atoms with Crippen molar-refractivity contribution in [2.75, 3.05) is 6.61 Å². The highest BCUT2D eigenvalue weighted by Crippen LogP contribution is 2.27. The van der Waals surface area contributed by atoms with Crippen LogP contribution in [-0.2, 0) is 16.1 Å². The van der Waals surface area contributed by atoms with Gasteiger partial charge in [0.05, 0.1) is 12.1 Å². The van der Waals surface area contributed by atoms with Crippen molar-refractivity contribution < 1.29 is 13.9 Å². The summed E-state index contributed by atoms with van der Waals surface area (Å²) in [7, 11) is 0. The van der Waals surface area contributed by atoms with Gasteiger partial charge in [-0.05, 0) is 49.1 Å². The van der Waals surface area contributed by atoms with Crippen molar-refractivity contribution in [1.82, 2.24) is 9.88 Å². The second kappa shape index (κ2) is 7.53. The van der Waals surface area contributed by atoms with Gasteiger partial charge in [0.1, 0.15) is 12.4 Å². The van der Waals surface area contributed by atoms with E-state index in [-0.39, 0.29) is 30.4 Å². The van der Waals surface area contributed by atoms with Crippen LogP contribution in [-0.4, -0.2) is 23.2 Å². The summed E-state index contributed by atoms with van der Waals surface area (Å²) in [6, 6.07) is 14.1. The smallest absolute Gasteiger partial charge is 0.240 e. The van der Waals surface area contributed by atoms with E-state index in [1.165, 1.54) is 12.1 Å². The first kappa shape index (κ1) is 17.7. The van der Waals surface area contributed by atoms with Gasteiger partial charge in [0.15, 0.2) is 0 Å². The number of aromatic nitrogens is 1. The molecule has 4 rings (SSSR count). The number of nitrogens with one attached hydrogen (secondary N) is 1. The summed E-state index contributed by atoms with van der Waals surface area (Å²) in [4.78, 5) is 12.8. The maximum atomic E-state index is 13.3. The van der Waals surface area contributed by atoms with Gasteiger partial charge in [0.2, 0.25) is 5.91 Å². The van der Waals surface area contributed by atoms with Gasteiger partial charge in [-0.15, -0.1) is 0 Å². The number of aryl methyl sites for hydroxylation is 1. The molecule has 2 heterocycles. The molecule has 1 fully saturated rings. The first-order chi connectivity index (χ1) is 13.1. The highest BCUT2D eigenvalue weighted by molar-refractivity contribution is 5.86. The molecule has 0 bridgehead atoms. The standard InChI is InChI=1S/C22H23FN2O2/c1-15-13-25(19-6-3-2-5-18(15)19)14-21(26)24-22(20-7-4-12-27-20)16-8-10-17(23)11-9-16/h2-3,5-6,8-11,13,20,22H,4,7,12,14H2,1H3,(H,24,26)/t20-,22-/m0/s1. The maximum Gasteiger partial charge on any atom is 0.240 e. The minimum atomic E-state index is -0.287. The van der Waals surface area contributed by atoms with Crippen molar-refractivity contribution in [1.29, 1.82) is 0 Å². The molecule has 0 aliphatic carbocycles. The van der Waals surface area contributed by atoms with Crippen molar-refractivity contribution in [3.63, 3.8) is 0 Å². The molecule has 0 radical (unpaired) electrons. The molecule has 4 nitrogen and oxygen atoms in total. The first-order valence-corrected chi connectivity index (χ1v) is 9.33. The lowest BCUT2D eigenvalue weighted by atomic mass is 9.99. The van der Waals surface area contributed by atoms with E-state index in [4.69, 9.17) is 4.74 Å². The number of halogens is 1. The lowest BCUT2D eigenvalue weighted by Gasteiger charge is -2.25. The summed E-state index contributed by atoms with van der Waals surface area (Å²) in [6.07, 6.45) is 3.78. The van der Waals surface area contributed by atoms with Crippen molar-refractivity contribution in [2.24, 2.45) is 0 Å². The molecular weight excluding hydrogens is 343 g/mol. The Balaban J connectivity index is 1.55.